The predicted molar refractivity (Wildman–Crippen MR) is 86.7 cm³/mol. The van der Waals surface area contributed by atoms with Crippen LogP contribution in [-0.2, 0) is 16.1 Å². The van der Waals surface area contributed by atoms with Crippen LogP contribution in [0.4, 0.5) is 6.01 Å². The highest BCUT2D eigenvalue weighted by molar-refractivity contribution is 5.87. The molecule has 1 aliphatic rings. The summed E-state index contributed by atoms with van der Waals surface area (Å²) in [5.74, 6) is -0.456. The zero-order valence-electron chi connectivity index (χ0n) is 13.7. The largest absolute Gasteiger partial charge is 0.461 e. The molecule has 0 N–H and O–H groups in total. The van der Waals surface area contributed by atoms with Crippen LogP contribution in [0.1, 0.15) is 35.8 Å². The monoisotopic (exact) mass is 331 g/mol. The topological polar surface area (TPSA) is 77.7 Å². The van der Waals surface area contributed by atoms with E-state index in [0.29, 0.717) is 19.2 Å². The average molecular weight is 331 g/mol. The van der Waals surface area contributed by atoms with Crippen molar-refractivity contribution in [2.24, 2.45) is 0 Å². The molecule has 0 aromatic carbocycles. The Balaban J connectivity index is 1.47. The first-order chi connectivity index (χ1) is 11.8. The number of nitrogens with zero attached hydrogens (tertiary/aromatic N) is 3. The van der Waals surface area contributed by atoms with Gasteiger partial charge in [0.2, 0.25) is 0 Å². The lowest BCUT2D eigenvalue weighted by molar-refractivity contribution is 0.0245. The van der Waals surface area contributed by atoms with Gasteiger partial charge >= 0.3 is 5.97 Å². The van der Waals surface area contributed by atoms with Crippen molar-refractivity contribution in [1.29, 1.82) is 0 Å². The van der Waals surface area contributed by atoms with Gasteiger partial charge in [-0.1, -0.05) is 6.07 Å². The number of esters is 1. The first kappa shape index (κ1) is 16.4. The van der Waals surface area contributed by atoms with E-state index in [1.807, 2.05) is 23.2 Å². The van der Waals surface area contributed by atoms with E-state index >= 15 is 0 Å². The molecular formula is C17H21N3O4. The van der Waals surface area contributed by atoms with Crippen molar-refractivity contribution in [2.75, 3.05) is 24.6 Å². The number of carbonyl (C=O) groups excluding carboxylic acids is 1. The van der Waals surface area contributed by atoms with E-state index < -0.39 is 5.97 Å². The van der Waals surface area contributed by atoms with Gasteiger partial charge in [0, 0.05) is 25.5 Å². The van der Waals surface area contributed by atoms with Crippen LogP contribution in [0.5, 0.6) is 0 Å². The Morgan fingerprint density at radius 3 is 2.96 bits per heavy atom. The third kappa shape index (κ3) is 4.11. The summed E-state index contributed by atoms with van der Waals surface area (Å²) in [5.41, 5.74) is 1.29. The fourth-order valence-electron chi connectivity index (χ4n) is 2.62. The van der Waals surface area contributed by atoms with Crippen LogP contribution in [0, 0.1) is 0 Å². The van der Waals surface area contributed by atoms with E-state index in [1.54, 1.807) is 13.1 Å². The van der Waals surface area contributed by atoms with Gasteiger partial charge in [-0.05, 0) is 31.4 Å². The van der Waals surface area contributed by atoms with Crippen molar-refractivity contribution in [3.63, 3.8) is 0 Å². The smallest absolute Gasteiger partial charge is 0.360 e. The number of ether oxygens (including phenoxy) is 2. The number of pyridine rings is 1. The summed E-state index contributed by atoms with van der Waals surface area (Å²) in [5, 5.41) is 0. The Morgan fingerprint density at radius 2 is 2.25 bits per heavy atom. The number of oxazole rings is 1. The summed E-state index contributed by atoms with van der Waals surface area (Å²) >= 11 is 0. The number of anilines is 1. The van der Waals surface area contributed by atoms with Gasteiger partial charge in [-0.2, -0.15) is 4.98 Å². The summed E-state index contributed by atoms with van der Waals surface area (Å²) in [6.45, 7) is 4.21. The van der Waals surface area contributed by atoms with Gasteiger partial charge in [0.15, 0.2) is 5.69 Å². The Bertz CT molecular complexity index is 651. The van der Waals surface area contributed by atoms with Crippen molar-refractivity contribution < 1.29 is 18.7 Å². The molecule has 7 heteroatoms. The molecule has 0 aliphatic carbocycles. The van der Waals surface area contributed by atoms with E-state index in [9.17, 15) is 4.79 Å². The first-order valence-corrected chi connectivity index (χ1v) is 8.14. The van der Waals surface area contributed by atoms with Gasteiger partial charge in [0.1, 0.15) is 6.26 Å². The molecule has 7 nitrogen and oxygen atoms in total. The van der Waals surface area contributed by atoms with E-state index in [4.69, 9.17) is 13.9 Å². The van der Waals surface area contributed by atoms with Gasteiger partial charge in [0.25, 0.3) is 6.01 Å². The van der Waals surface area contributed by atoms with Crippen molar-refractivity contribution in [1.82, 2.24) is 9.97 Å². The Kier molecular flexibility index (Phi) is 5.43. The predicted octanol–water partition coefficient (Wildman–Crippen LogP) is 2.43. The summed E-state index contributed by atoms with van der Waals surface area (Å²) < 4.78 is 16.3. The number of aromatic nitrogens is 2. The van der Waals surface area contributed by atoms with Crippen molar-refractivity contribution in [2.45, 2.75) is 32.5 Å². The molecular weight excluding hydrogens is 310 g/mol. The summed E-state index contributed by atoms with van der Waals surface area (Å²) in [7, 11) is 0. The van der Waals surface area contributed by atoms with Crippen LogP contribution < -0.4 is 4.90 Å². The van der Waals surface area contributed by atoms with Crippen molar-refractivity contribution in [3.8, 4) is 0 Å². The second-order valence-electron chi connectivity index (χ2n) is 5.59. The number of hydrogen-bond donors (Lipinski definition) is 0. The molecule has 0 radical (unpaired) electrons. The minimum atomic E-state index is -0.456. The summed E-state index contributed by atoms with van der Waals surface area (Å²) in [6.07, 6.45) is 6.90. The molecule has 0 unspecified atom stereocenters. The number of carbonyl (C=O) groups is 1. The molecule has 1 aliphatic heterocycles. The highest BCUT2D eigenvalue weighted by Crippen LogP contribution is 2.21. The third-order valence-electron chi connectivity index (χ3n) is 3.90. The quantitative estimate of drug-likeness (QED) is 0.752. The van der Waals surface area contributed by atoms with Gasteiger partial charge in [0.05, 0.1) is 19.3 Å². The third-order valence-corrected chi connectivity index (χ3v) is 3.90. The standard InChI is InChI=1S/C17H21N3O4/c1-2-22-16(21)15-12-24-17(19-15)20-8-5-14(6-9-20)23-11-13-4-3-7-18-10-13/h3-4,7,10,12,14H,2,5-6,8-9,11H2,1H3. The van der Waals surface area contributed by atoms with Crippen LogP contribution in [0.2, 0.25) is 0 Å². The highest BCUT2D eigenvalue weighted by Gasteiger charge is 2.24. The molecule has 3 heterocycles. The van der Waals surface area contributed by atoms with E-state index in [0.717, 1.165) is 31.5 Å². The van der Waals surface area contributed by atoms with Gasteiger partial charge < -0.3 is 18.8 Å². The Morgan fingerprint density at radius 1 is 1.42 bits per heavy atom. The first-order valence-electron chi connectivity index (χ1n) is 8.14. The van der Waals surface area contributed by atoms with Crippen LogP contribution in [0.25, 0.3) is 0 Å². The zero-order chi connectivity index (χ0) is 16.8. The van der Waals surface area contributed by atoms with E-state index in [1.165, 1.54) is 6.26 Å². The van der Waals surface area contributed by atoms with Crippen LogP contribution in [0.3, 0.4) is 0 Å². The molecule has 0 bridgehead atoms. The van der Waals surface area contributed by atoms with E-state index in [2.05, 4.69) is 9.97 Å². The SMILES string of the molecule is CCOC(=O)c1coc(N2CCC(OCc3cccnc3)CC2)n1. The molecule has 128 valence electrons. The molecule has 0 atom stereocenters. The fraction of sp³-hybridized carbons (Fsp3) is 0.471. The van der Waals surface area contributed by atoms with Gasteiger partial charge in [-0.3, -0.25) is 4.98 Å². The molecule has 2 aromatic rings. The number of piperidine rings is 1. The lowest BCUT2D eigenvalue weighted by Gasteiger charge is -2.30. The number of hydrogen-bond acceptors (Lipinski definition) is 7. The second kappa shape index (κ2) is 7.92. The maximum absolute atomic E-state index is 11.6. The fourth-order valence-corrected chi connectivity index (χ4v) is 2.62. The lowest BCUT2D eigenvalue weighted by atomic mass is 10.1. The number of rotatable bonds is 6. The van der Waals surface area contributed by atoms with Crippen molar-refractivity contribution in [3.05, 3.63) is 42.0 Å². The molecule has 1 fully saturated rings. The molecule has 0 spiro atoms. The molecule has 0 saturated carbocycles. The van der Waals surface area contributed by atoms with Crippen LogP contribution in [0.15, 0.2) is 35.2 Å². The van der Waals surface area contributed by atoms with Crippen molar-refractivity contribution >= 4 is 12.0 Å². The minimum Gasteiger partial charge on any atom is -0.461 e. The molecule has 0 amide bonds. The normalized spacial score (nSPS) is 15.5. The Hall–Kier alpha value is -2.41. The van der Waals surface area contributed by atoms with Gasteiger partial charge in [-0.25, -0.2) is 4.79 Å². The van der Waals surface area contributed by atoms with Crippen LogP contribution >= 0.6 is 0 Å². The van der Waals surface area contributed by atoms with Crippen LogP contribution in [-0.4, -0.2) is 41.7 Å². The lowest BCUT2D eigenvalue weighted by Crippen LogP contribution is -2.37. The molecule has 1 saturated heterocycles. The molecule has 3 rings (SSSR count). The Labute approximate surface area is 140 Å². The molecule has 24 heavy (non-hydrogen) atoms. The minimum absolute atomic E-state index is 0.209. The highest BCUT2D eigenvalue weighted by atomic mass is 16.5. The van der Waals surface area contributed by atoms with Gasteiger partial charge in [-0.15, -0.1) is 0 Å². The maximum Gasteiger partial charge on any atom is 0.360 e. The van der Waals surface area contributed by atoms with E-state index in [-0.39, 0.29) is 11.8 Å². The molecule has 2 aromatic heterocycles. The zero-order valence-corrected chi connectivity index (χ0v) is 13.7. The second-order valence-corrected chi connectivity index (χ2v) is 5.59. The average Bonchev–Trinajstić information content (AvgIpc) is 3.12. The summed E-state index contributed by atoms with van der Waals surface area (Å²) in [4.78, 5) is 21.9. The summed E-state index contributed by atoms with van der Waals surface area (Å²) in [6, 6.07) is 4.38. The maximum atomic E-state index is 11.6.